The summed E-state index contributed by atoms with van der Waals surface area (Å²) in [6.45, 7) is 6.52. The summed E-state index contributed by atoms with van der Waals surface area (Å²) in [6.07, 6.45) is -4.74. The fourth-order valence-corrected chi connectivity index (χ4v) is 3.16. The third kappa shape index (κ3) is 4.81. The smallest absolute Gasteiger partial charge is 0.406 e. The Balaban J connectivity index is 2.09. The van der Waals surface area contributed by atoms with Crippen molar-refractivity contribution in [2.24, 2.45) is 0 Å². The lowest BCUT2D eigenvalue weighted by Crippen LogP contribution is -2.33. The average Bonchev–Trinajstić information content (AvgIpc) is 2.65. The molecule has 0 aliphatic rings. The molecule has 2 aromatic carbocycles. The van der Waals surface area contributed by atoms with Gasteiger partial charge < -0.3 is 14.0 Å². The zero-order chi connectivity index (χ0) is 22.1. The predicted octanol–water partition coefficient (Wildman–Crippen LogP) is 4.91. The number of nitrogens with zero attached hydrogens (tertiary/aromatic N) is 2. The van der Waals surface area contributed by atoms with Gasteiger partial charge in [0.05, 0.1) is 17.6 Å². The van der Waals surface area contributed by atoms with E-state index in [0.717, 1.165) is 5.56 Å². The van der Waals surface area contributed by atoms with E-state index in [1.165, 1.54) is 24.3 Å². The molecule has 0 unspecified atom stereocenters. The number of halogens is 3. The van der Waals surface area contributed by atoms with Gasteiger partial charge in [-0.2, -0.15) is 0 Å². The highest BCUT2D eigenvalue weighted by Crippen LogP contribution is 2.28. The first kappa shape index (κ1) is 21.8. The lowest BCUT2D eigenvalue weighted by molar-refractivity contribution is -0.274. The summed E-state index contributed by atoms with van der Waals surface area (Å²) in [5, 5.41) is 0. The summed E-state index contributed by atoms with van der Waals surface area (Å²) in [7, 11) is 1.56. The zero-order valence-electron chi connectivity index (χ0n) is 17.2. The topological polar surface area (TPSA) is 53.4 Å². The Hall–Kier alpha value is -2.87. The highest BCUT2D eigenvalue weighted by atomic mass is 19.4. The summed E-state index contributed by atoms with van der Waals surface area (Å²) in [5.41, 5.74) is 2.60. The number of benzene rings is 2. The van der Waals surface area contributed by atoms with E-state index >= 15 is 0 Å². The first-order chi connectivity index (χ1) is 14.0. The molecule has 0 N–H and O–H groups in total. The largest absolute Gasteiger partial charge is 0.573 e. The Morgan fingerprint density at radius 2 is 1.63 bits per heavy atom. The molecule has 1 aromatic heterocycles. The van der Waals surface area contributed by atoms with Gasteiger partial charge in [-0.05, 0) is 35.4 Å². The molecule has 0 amide bonds. The average molecular weight is 420 g/mol. The molecule has 0 aliphatic heterocycles. The molecule has 30 heavy (non-hydrogen) atoms. The maximum Gasteiger partial charge on any atom is 0.573 e. The van der Waals surface area contributed by atoms with Gasteiger partial charge >= 0.3 is 6.36 Å². The van der Waals surface area contributed by atoms with E-state index in [2.05, 4.69) is 9.72 Å². The first-order valence-corrected chi connectivity index (χ1v) is 9.40. The van der Waals surface area contributed by atoms with Gasteiger partial charge in [-0.25, -0.2) is 4.98 Å². The van der Waals surface area contributed by atoms with Crippen LogP contribution in [-0.2, 0) is 16.7 Å². The van der Waals surface area contributed by atoms with Crippen LogP contribution in [0.4, 0.5) is 13.2 Å². The van der Waals surface area contributed by atoms with Gasteiger partial charge in [-0.3, -0.25) is 4.79 Å². The minimum Gasteiger partial charge on any atom is -0.406 e. The summed E-state index contributed by atoms with van der Waals surface area (Å²) < 4.78 is 47.8. The number of alkyl halides is 3. The van der Waals surface area contributed by atoms with Gasteiger partial charge in [0.2, 0.25) is 0 Å². The molecule has 3 rings (SSSR count). The molecule has 0 saturated heterocycles. The van der Waals surface area contributed by atoms with Crippen LogP contribution in [0.2, 0.25) is 0 Å². The van der Waals surface area contributed by atoms with Crippen molar-refractivity contribution >= 4 is 11.0 Å². The molecule has 0 spiro atoms. The number of fused-ring (bicyclic) bond motifs is 1. The van der Waals surface area contributed by atoms with Crippen LogP contribution in [0, 0.1) is 0 Å². The number of methoxy groups -OCH3 is 1. The van der Waals surface area contributed by atoms with Gasteiger partial charge in [0, 0.05) is 19.1 Å². The molecule has 0 saturated carbocycles. The Morgan fingerprint density at radius 1 is 1.00 bits per heavy atom. The van der Waals surface area contributed by atoms with Crippen LogP contribution in [0.3, 0.4) is 0 Å². The second kappa shape index (κ2) is 8.10. The third-order valence-electron chi connectivity index (χ3n) is 4.60. The quantitative estimate of drug-likeness (QED) is 0.589. The Morgan fingerprint density at radius 3 is 2.20 bits per heavy atom. The first-order valence-electron chi connectivity index (χ1n) is 9.40. The molecule has 0 radical (unpaired) electrons. The van der Waals surface area contributed by atoms with Gasteiger partial charge in [0.1, 0.15) is 11.4 Å². The lowest BCUT2D eigenvalue weighted by atomic mass is 9.92. The van der Waals surface area contributed by atoms with Crippen molar-refractivity contribution in [2.75, 3.05) is 13.7 Å². The SMILES string of the molecule is COCCn1c(=O)c(C(C)(C)C)nc2ccc(-c3ccc(OC(F)(F)F)cc3)cc21. The summed E-state index contributed by atoms with van der Waals surface area (Å²) in [5.74, 6) is -0.291. The molecule has 1 heterocycles. The number of rotatable bonds is 5. The lowest BCUT2D eigenvalue weighted by Gasteiger charge is -2.20. The van der Waals surface area contributed by atoms with Crippen molar-refractivity contribution < 1.29 is 22.6 Å². The maximum atomic E-state index is 13.1. The van der Waals surface area contributed by atoms with Crippen molar-refractivity contribution in [1.29, 1.82) is 0 Å². The van der Waals surface area contributed by atoms with Crippen molar-refractivity contribution in [3.05, 3.63) is 58.5 Å². The van der Waals surface area contributed by atoms with Crippen molar-refractivity contribution in [2.45, 2.75) is 39.1 Å². The van der Waals surface area contributed by atoms with Crippen LogP contribution in [-0.4, -0.2) is 29.6 Å². The van der Waals surface area contributed by atoms with E-state index in [9.17, 15) is 18.0 Å². The minimum absolute atomic E-state index is 0.182. The van der Waals surface area contributed by atoms with Crippen molar-refractivity contribution in [3.8, 4) is 16.9 Å². The molecule has 0 aliphatic carbocycles. The maximum absolute atomic E-state index is 13.1. The minimum atomic E-state index is -4.74. The van der Waals surface area contributed by atoms with E-state index in [-0.39, 0.29) is 11.3 Å². The molecule has 3 aromatic rings. The van der Waals surface area contributed by atoms with Gasteiger partial charge in [0.15, 0.2) is 0 Å². The highest BCUT2D eigenvalue weighted by molar-refractivity contribution is 5.82. The van der Waals surface area contributed by atoms with Crippen molar-refractivity contribution in [3.63, 3.8) is 0 Å². The van der Waals surface area contributed by atoms with E-state index < -0.39 is 11.8 Å². The van der Waals surface area contributed by atoms with E-state index in [0.29, 0.717) is 35.4 Å². The second-order valence-electron chi connectivity index (χ2n) is 7.94. The van der Waals surface area contributed by atoms with Crippen LogP contribution in [0.25, 0.3) is 22.2 Å². The molecule has 8 heteroatoms. The normalized spacial score (nSPS) is 12.4. The van der Waals surface area contributed by atoms with E-state index in [1.54, 1.807) is 11.7 Å². The van der Waals surface area contributed by atoms with Crippen LogP contribution in [0.15, 0.2) is 47.3 Å². The Kier molecular flexibility index (Phi) is 5.90. The van der Waals surface area contributed by atoms with Crippen LogP contribution in [0.5, 0.6) is 5.75 Å². The van der Waals surface area contributed by atoms with Gasteiger partial charge in [-0.1, -0.05) is 39.0 Å². The fourth-order valence-electron chi connectivity index (χ4n) is 3.16. The zero-order valence-corrected chi connectivity index (χ0v) is 17.2. The molecule has 0 atom stereocenters. The number of hydrogen-bond acceptors (Lipinski definition) is 4. The number of aromatic nitrogens is 2. The van der Waals surface area contributed by atoms with Crippen molar-refractivity contribution in [1.82, 2.24) is 9.55 Å². The summed E-state index contributed by atoms with van der Waals surface area (Å²) in [4.78, 5) is 17.7. The fraction of sp³-hybridized carbons (Fsp3) is 0.364. The summed E-state index contributed by atoms with van der Waals surface area (Å²) in [6, 6.07) is 11.0. The predicted molar refractivity (Wildman–Crippen MR) is 109 cm³/mol. The monoisotopic (exact) mass is 420 g/mol. The second-order valence-corrected chi connectivity index (χ2v) is 7.94. The Bertz CT molecular complexity index is 1100. The number of hydrogen-bond donors (Lipinski definition) is 0. The molecule has 0 bridgehead atoms. The third-order valence-corrected chi connectivity index (χ3v) is 4.60. The summed E-state index contributed by atoms with van der Waals surface area (Å²) >= 11 is 0. The van der Waals surface area contributed by atoms with Gasteiger partial charge in [0.25, 0.3) is 5.56 Å². The van der Waals surface area contributed by atoms with E-state index in [4.69, 9.17) is 4.74 Å². The molecule has 160 valence electrons. The standard InChI is InChI=1S/C22H23F3N2O3/c1-21(2,3)19-20(28)27(11-12-29-4)18-13-15(7-10-17(18)26-19)14-5-8-16(9-6-14)30-22(23,24)25/h5-10,13H,11-12H2,1-4H3. The van der Waals surface area contributed by atoms with Crippen LogP contribution < -0.4 is 10.3 Å². The molecule has 5 nitrogen and oxygen atoms in total. The molecule has 0 fully saturated rings. The van der Waals surface area contributed by atoms with Crippen LogP contribution in [0.1, 0.15) is 26.5 Å². The van der Waals surface area contributed by atoms with Gasteiger partial charge in [-0.15, -0.1) is 13.2 Å². The number of ether oxygens (including phenoxy) is 2. The van der Waals surface area contributed by atoms with Crippen LogP contribution >= 0.6 is 0 Å². The molecular formula is C22H23F3N2O3. The van der Waals surface area contributed by atoms with E-state index in [1.807, 2.05) is 39.0 Å². The Labute approximate surface area is 172 Å². The highest BCUT2D eigenvalue weighted by Gasteiger charge is 2.31. The molecular weight excluding hydrogens is 397 g/mol.